The lowest BCUT2D eigenvalue weighted by Crippen LogP contribution is -2.37. The van der Waals surface area contributed by atoms with E-state index < -0.39 is 0 Å². The van der Waals surface area contributed by atoms with Crippen LogP contribution in [0.25, 0.3) is 0 Å². The van der Waals surface area contributed by atoms with E-state index in [-0.39, 0.29) is 11.8 Å². The Morgan fingerprint density at radius 2 is 1.68 bits per heavy atom. The van der Waals surface area contributed by atoms with Crippen molar-refractivity contribution in [1.82, 2.24) is 4.90 Å². The van der Waals surface area contributed by atoms with Gasteiger partial charge in [0.1, 0.15) is 0 Å². The molecule has 0 aromatic heterocycles. The predicted molar refractivity (Wildman–Crippen MR) is 90.9 cm³/mol. The summed E-state index contributed by atoms with van der Waals surface area (Å²) in [7, 11) is 0. The fourth-order valence-corrected chi connectivity index (χ4v) is 2.28. The van der Waals surface area contributed by atoms with Crippen molar-refractivity contribution < 1.29 is 9.59 Å². The van der Waals surface area contributed by atoms with E-state index in [2.05, 4.69) is 33.0 Å². The molecule has 0 bridgehead atoms. The molecule has 0 atom stereocenters. The summed E-state index contributed by atoms with van der Waals surface area (Å²) in [5, 5.41) is 2.80. The lowest BCUT2D eigenvalue weighted by atomic mass is 10.1. The van der Waals surface area contributed by atoms with Gasteiger partial charge in [-0.15, -0.1) is 0 Å². The lowest BCUT2D eigenvalue weighted by Gasteiger charge is -2.26. The summed E-state index contributed by atoms with van der Waals surface area (Å²) in [6, 6.07) is 7.17. The van der Waals surface area contributed by atoms with E-state index in [0.717, 1.165) is 13.1 Å². The lowest BCUT2D eigenvalue weighted by molar-refractivity contribution is -0.115. The number of nitrogens with one attached hydrogen (secondary N) is 1. The minimum Gasteiger partial charge on any atom is -0.338 e. The van der Waals surface area contributed by atoms with Gasteiger partial charge in [-0.05, 0) is 30.0 Å². The van der Waals surface area contributed by atoms with Crippen LogP contribution in [0, 0.1) is 11.8 Å². The molecule has 1 rings (SSSR count). The number of nitrogens with zero attached hydrogens (tertiary/aromatic N) is 1. The molecule has 22 heavy (non-hydrogen) atoms. The normalized spacial score (nSPS) is 10.9. The van der Waals surface area contributed by atoms with Crippen molar-refractivity contribution in [1.29, 1.82) is 0 Å². The molecule has 4 heteroatoms. The Labute approximate surface area is 133 Å². The van der Waals surface area contributed by atoms with Crippen LogP contribution < -0.4 is 5.32 Å². The van der Waals surface area contributed by atoms with Crippen LogP contribution in [0.3, 0.4) is 0 Å². The first-order valence-corrected chi connectivity index (χ1v) is 8.02. The van der Waals surface area contributed by atoms with Crippen LogP contribution in [0.2, 0.25) is 0 Å². The van der Waals surface area contributed by atoms with Crippen LogP contribution in [0.15, 0.2) is 24.3 Å². The van der Waals surface area contributed by atoms with Crippen LogP contribution in [0.1, 0.15) is 51.4 Å². The molecule has 122 valence electrons. The minimum atomic E-state index is -0.0502. The number of benzene rings is 1. The Hall–Kier alpha value is -1.84. The Balaban J connectivity index is 2.93. The first-order chi connectivity index (χ1) is 10.3. The van der Waals surface area contributed by atoms with Gasteiger partial charge in [0.15, 0.2) is 0 Å². The average Bonchev–Trinajstić information content (AvgIpc) is 2.45. The molecule has 0 aliphatic rings. The fourth-order valence-electron chi connectivity index (χ4n) is 2.28. The summed E-state index contributed by atoms with van der Waals surface area (Å²) in [5.74, 6) is 0.817. The Morgan fingerprint density at radius 1 is 1.09 bits per heavy atom. The molecule has 1 aromatic rings. The molecule has 2 amide bonds. The zero-order valence-corrected chi connectivity index (χ0v) is 14.3. The van der Waals surface area contributed by atoms with Crippen LogP contribution in [-0.2, 0) is 4.79 Å². The van der Waals surface area contributed by atoms with Gasteiger partial charge in [0.2, 0.25) is 5.91 Å². The topological polar surface area (TPSA) is 49.4 Å². The second-order valence-corrected chi connectivity index (χ2v) is 6.48. The van der Waals surface area contributed by atoms with E-state index in [0.29, 0.717) is 29.5 Å². The third-order valence-electron chi connectivity index (χ3n) is 3.17. The molecule has 4 nitrogen and oxygen atoms in total. The fraction of sp³-hybridized carbons (Fsp3) is 0.556. The van der Waals surface area contributed by atoms with Crippen molar-refractivity contribution >= 4 is 17.5 Å². The van der Waals surface area contributed by atoms with Gasteiger partial charge in [-0.3, -0.25) is 9.59 Å². The molecule has 0 fully saturated rings. The highest BCUT2D eigenvalue weighted by molar-refractivity contribution is 5.97. The molecule has 0 aliphatic carbocycles. The maximum absolute atomic E-state index is 12.7. The summed E-state index contributed by atoms with van der Waals surface area (Å²) >= 11 is 0. The molecule has 0 radical (unpaired) electrons. The smallest absolute Gasteiger partial charge is 0.253 e. The first kappa shape index (κ1) is 18.2. The predicted octanol–water partition coefficient (Wildman–Crippen LogP) is 3.79. The number of hydrogen-bond acceptors (Lipinski definition) is 2. The van der Waals surface area contributed by atoms with E-state index in [1.807, 2.05) is 4.90 Å². The molecule has 0 unspecified atom stereocenters. The summed E-state index contributed by atoms with van der Waals surface area (Å²) in [6.45, 7) is 11.7. The Morgan fingerprint density at radius 3 is 2.18 bits per heavy atom. The van der Waals surface area contributed by atoms with Crippen molar-refractivity contribution in [2.75, 3.05) is 18.4 Å². The van der Waals surface area contributed by atoms with E-state index >= 15 is 0 Å². The minimum absolute atomic E-state index is 0.0231. The molecule has 0 aliphatic heterocycles. The molecule has 0 saturated carbocycles. The maximum atomic E-state index is 12.7. The van der Waals surface area contributed by atoms with Crippen LogP contribution >= 0.6 is 0 Å². The summed E-state index contributed by atoms with van der Waals surface area (Å²) in [6.07, 6.45) is 0.422. The van der Waals surface area contributed by atoms with Crippen molar-refractivity contribution in [3.8, 4) is 0 Å². The van der Waals surface area contributed by atoms with Crippen molar-refractivity contribution in [2.24, 2.45) is 11.8 Å². The van der Waals surface area contributed by atoms with Crippen LogP contribution in [-0.4, -0.2) is 29.8 Å². The molecule has 0 saturated heterocycles. The van der Waals surface area contributed by atoms with Gasteiger partial charge in [-0.2, -0.15) is 0 Å². The van der Waals surface area contributed by atoms with E-state index in [4.69, 9.17) is 0 Å². The second-order valence-electron chi connectivity index (χ2n) is 6.48. The maximum Gasteiger partial charge on any atom is 0.253 e. The van der Waals surface area contributed by atoms with Gasteiger partial charge >= 0.3 is 0 Å². The number of amides is 2. The van der Waals surface area contributed by atoms with Gasteiger partial charge in [-0.1, -0.05) is 40.7 Å². The van der Waals surface area contributed by atoms with E-state index in [9.17, 15) is 9.59 Å². The number of hydrogen-bond donors (Lipinski definition) is 1. The number of rotatable bonds is 7. The van der Waals surface area contributed by atoms with E-state index in [1.165, 1.54) is 0 Å². The number of carbonyl (C=O) groups is 2. The molecule has 1 aromatic carbocycles. The van der Waals surface area contributed by atoms with Gasteiger partial charge < -0.3 is 10.2 Å². The average molecular weight is 304 g/mol. The highest BCUT2D eigenvalue weighted by atomic mass is 16.2. The summed E-state index contributed by atoms with van der Waals surface area (Å²) in [5.41, 5.74) is 1.29. The quantitative estimate of drug-likeness (QED) is 0.833. The van der Waals surface area contributed by atoms with Crippen molar-refractivity contribution in [2.45, 2.75) is 41.0 Å². The summed E-state index contributed by atoms with van der Waals surface area (Å²) < 4.78 is 0. The first-order valence-electron chi connectivity index (χ1n) is 8.02. The zero-order chi connectivity index (χ0) is 16.7. The SMILES string of the molecule is CCC(=O)Nc1cccc(C(=O)N(CC(C)C)CC(C)C)c1. The number of anilines is 1. The molecule has 0 spiro atoms. The second kappa shape index (κ2) is 8.57. The van der Waals surface area contributed by atoms with Gasteiger partial charge in [0.25, 0.3) is 5.91 Å². The van der Waals surface area contributed by atoms with Crippen LogP contribution in [0.5, 0.6) is 0 Å². The van der Waals surface area contributed by atoms with Gasteiger partial charge in [0.05, 0.1) is 0 Å². The zero-order valence-electron chi connectivity index (χ0n) is 14.3. The number of carbonyl (C=O) groups excluding carboxylic acids is 2. The highest BCUT2D eigenvalue weighted by Gasteiger charge is 2.18. The molecule has 1 N–H and O–H groups in total. The monoisotopic (exact) mass is 304 g/mol. The van der Waals surface area contributed by atoms with Crippen LogP contribution in [0.4, 0.5) is 5.69 Å². The van der Waals surface area contributed by atoms with Gasteiger partial charge in [0, 0.05) is 30.8 Å². The Bertz CT molecular complexity index is 500. The van der Waals surface area contributed by atoms with E-state index in [1.54, 1.807) is 31.2 Å². The Kier molecular flexibility index (Phi) is 7.09. The largest absolute Gasteiger partial charge is 0.338 e. The van der Waals surface area contributed by atoms with Crippen molar-refractivity contribution in [3.63, 3.8) is 0 Å². The third kappa shape index (κ3) is 5.88. The standard InChI is InChI=1S/C18H28N2O2/c1-6-17(21)19-16-9-7-8-15(10-16)18(22)20(11-13(2)3)12-14(4)5/h7-10,13-14H,6,11-12H2,1-5H3,(H,19,21). The highest BCUT2D eigenvalue weighted by Crippen LogP contribution is 2.15. The molecular weight excluding hydrogens is 276 g/mol. The summed E-state index contributed by atoms with van der Waals surface area (Å²) in [4.78, 5) is 26.1. The molecular formula is C18H28N2O2. The van der Waals surface area contributed by atoms with Gasteiger partial charge in [-0.25, -0.2) is 0 Å². The van der Waals surface area contributed by atoms with Crippen molar-refractivity contribution in [3.05, 3.63) is 29.8 Å². The third-order valence-corrected chi connectivity index (χ3v) is 3.17. The molecule has 0 heterocycles.